The number of rotatable bonds is 4. The second-order valence-electron chi connectivity index (χ2n) is 2.55. The first kappa shape index (κ1) is 13.0. The summed E-state index contributed by atoms with van der Waals surface area (Å²) < 4.78 is 10.5. The topological polar surface area (TPSA) is 18.5 Å². The van der Waals surface area contributed by atoms with Crippen LogP contribution in [0.15, 0.2) is 0 Å². The maximum Gasteiger partial charge on any atom is 0.304 e. The minimum Gasteiger partial charge on any atom is -0.396 e. The molecule has 0 saturated heterocycles. The highest BCUT2D eigenvalue weighted by Gasteiger charge is 1.95. The minimum atomic E-state index is -0.684. The summed E-state index contributed by atoms with van der Waals surface area (Å²) in [5.74, 6) is 0. The molecular weight excluding hydrogens is 160 g/mol. The Morgan fingerprint density at radius 2 is 1.20 bits per heavy atom. The van der Waals surface area contributed by atoms with Gasteiger partial charge in [-0.1, -0.05) is 0 Å². The van der Waals surface area contributed by atoms with Crippen molar-refractivity contribution < 1.29 is 8.85 Å². The van der Waals surface area contributed by atoms with Crippen molar-refractivity contribution in [3.05, 3.63) is 0 Å². The van der Waals surface area contributed by atoms with E-state index in [2.05, 4.69) is 0 Å². The van der Waals surface area contributed by atoms with Crippen LogP contribution in [0.5, 0.6) is 0 Å². The summed E-state index contributed by atoms with van der Waals surface area (Å²) in [6, 6.07) is 0. The van der Waals surface area contributed by atoms with Gasteiger partial charge in [0.25, 0.3) is 0 Å². The molecule has 0 bridgehead atoms. The van der Waals surface area contributed by atoms with Gasteiger partial charge in [0.2, 0.25) is 0 Å². The van der Waals surface area contributed by atoms with E-state index in [0.29, 0.717) is 12.2 Å². The standard InChI is InChI=1S/C6H16O2Si.H4Si/c1-5(2)7-9-8-6(3)4;/h5-6H,9H2,1-4H3;1H4. The molecule has 64 valence electrons. The summed E-state index contributed by atoms with van der Waals surface area (Å²) in [6.45, 7) is 8.10. The molecule has 0 rings (SSSR count). The smallest absolute Gasteiger partial charge is 0.304 e. The van der Waals surface area contributed by atoms with Crippen molar-refractivity contribution in [3.8, 4) is 0 Å². The molecule has 0 aliphatic carbocycles. The van der Waals surface area contributed by atoms with E-state index in [-0.39, 0.29) is 11.0 Å². The van der Waals surface area contributed by atoms with Crippen LogP contribution in [0, 0.1) is 0 Å². The molecule has 0 aliphatic heterocycles. The third kappa shape index (κ3) is 11.2. The van der Waals surface area contributed by atoms with Gasteiger partial charge in [-0.15, -0.1) is 0 Å². The Kier molecular flexibility index (Phi) is 9.68. The summed E-state index contributed by atoms with van der Waals surface area (Å²) in [5, 5.41) is 0. The van der Waals surface area contributed by atoms with Gasteiger partial charge in [0, 0.05) is 12.2 Å². The van der Waals surface area contributed by atoms with Crippen LogP contribution < -0.4 is 0 Å². The first-order valence-corrected chi connectivity index (χ1v) is 4.51. The fourth-order valence-corrected chi connectivity index (χ4v) is 0.934. The van der Waals surface area contributed by atoms with Crippen molar-refractivity contribution in [1.82, 2.24) is 0 Å². The quantitative estimate of drug-likeness (QED) is 0.537. The van der Waals surface area contributed by atoms with E-state index in [1.165, 1.54) is 0 Å². The predicted octanol–water partition coefficient (Wildman–Crippen LogP) is -0.616. The van der Waals surface area contributed by atoms with Crippen molar-refractivity contribution in [2.45, 2.75) is 39.9 Å². The Balaban J connectivity index is 0. The zero-order chi connectivity index (χ0) is 7.28. The molecule has 0 amide bonds. The number of hydrogen-bond donors (Lipinski definition) is 0. The Morgan fingerprint density at radius 1 is 0.900 bits per heavy atom. The fourth-order valence-electron chi connectivity index (χ4n) is 0.311. The van der Waals surface area contributed by atoms with Gasteiger partial charge < -0.3 is 8.85 Å². The van der Waals surface area contributed by atoms with Crippen LogP contribution in [-0.4, -0.2) is 33.2 Å². The molecule has 0 saturated carbocycles. The average Bonchev–Trinajstić information content (AvgIpc) is 1.63. The highest BCUT2D eigenvalue weighted by Crippen LogP contribution is 1.89. The summed E-state index contributed by atoms with van der Waals surface area (Å²) in [5.41, 5.74) is 0. The summed E-state index contributed by atoms with van der Waals surface area (Å²) in [4.78, 5) is 0. The summed E-state index contributed by atoms with van der Waals surface area (Å²) in [7, 11) is -0.684. The lowest BCUT2D eigenvalue weighted by Crippen LogP contribution is -2.14. The Hall–Kier alpha value is 0.354. The molecule has 0 fully saturated rings. The lowest BCUT2D eigenvalue weighted by Gasteiger charge is -2.09. The Morgan fingerprint density at radius 3 is 1.40 bits per heavy atom. The van der Waals surface area contributed by atoms with Crippen LogP contribution in [0.2, 0.25) is 0 Å². The molecule has 0 heterocycles. The van der Waals surface area contributed by atoms with Crippen LogP contribution in [0.25, 0.3) is 0 Å². The summed E-state index contributed by atoms with van der Waals surface area (Å²) in [6.07, 6.45) is 0.658. The second kappa shape index (κ2) is 7.46. The van der Waals surface area contributed by atoms with Crippen LogP contribution in [-0.2, 0) is 8.85 Å². The molecule has 0 atom stereocenters. The van der Waals surface area contributed by atoms with Gasteiger partial charge in [0.15, 0.2) is 0 Å². The fraction of sp³-hybridized carbons (Fsp3) is 1.00. The van der Waals surface area contributed by atoms with E-state index in [0.717, 1.165) is 0 Å². The molecular formula is C6H20O2Si2. The molecule has 0 radical (unpaired) electrons. The van der Waals surface area contributed by atoms with E-state index in [9.17, 15) is 0 Å². The third-order valence-corrected chi connectivity index (χ3v) is 2.41. The SMILES string of the molecule is CC(C)O[SiH2]OC(C)C.[SiH4]. The number of hydrogen-bond acceptors (Lipinski definition) is 2. The Bertz CT molecular complexity index is 58.8. The third-order valence-electron chi connectivity index (χ3n) is 0.803. The first-order valence-electron chi connectivity index (χ1n) is 3.36. The highest BCUT2D eigenvalue weighted by molar-refractivity contribution is 6.18. The molecule has 10 heavy (non-hydrogen) atoms. The van der Waals surface area contributed by atoms with Crippen LogP contribution >= 0.6 is 0 Å². The first-order chi connectivity index (χ1) is 4.13. The van der Waals surface area contributed by atoms with Gasteiger partial charge in [-0.3, -0.25) is 0 Å². The zero-order valence-electron chi connectivity index (χ0n) is 6.68. The van der Waals surface area contributed by atoms with Gasteiger partial charge >= 0.3 is 10.0 Å². The normalized spacial score (nSPS) is 10.2. The van der Waals surface area contributed by atoms with Crippen LogP contribution in [0.4, 0.5) is 0 Å². The monoisotopic (exact) mass is 180 g/mol. The van der Waals surface area contributed by atoms with Gasteiger partial charge in [0.1, 0.15) is 0 Å². The van der Waals surface area contributed by atoms with Crippen LogP contribution in [0.3, 0.4) is 0 Å². The van der Waals surface area contributed by atoms with E-state index in [1.54, 1.807) is 0 Å². The lowest BCUT2D eigenvalue weighted by atomic mass is 10.5. The van der Waals surface area contributed by atoms with Gasteiger partial charge in [-0.25, -0.2) is 0 Å². The van der Waals surface area contributed by atoms with Crippen molar-refractivity contribution in [2.75, 3.05) is 0 Å². The molecule has 0 aliphatic rings. The zero-order valence-corrected chi connectivity index (χ0v) is 8.09. The minimum absolute atomic E-state index is 0. The van der Waals surface area contributed by atoms with E-state index in [1.807, 2.05) is 27.7 Å². The molecule has 0 N–H and O–H groups in total. The molecule has 0 unspecified atom stereocenters. The molecule has 2 nitrogen and oxygen atoms in total. The van der Waals surface area contributed by atoms with E-state index in [4.69, 9.17) is 8.85 Å². The van der Waals surface area contributed by atoms with Crippen LogP contribution in [0.1, 0.15) is 27.7 Å². The van der Waals surface area contributed by atoms with Crippen molar-refractivity contribution in [2.24, 2.45) is 0 Å². The van der Waals surface area contributed by atoms with Gasteiger partial charge in [-0.2, -0.15) is 0 Å². The highest BCUT2D eigenvalue weighted by atomic mass is 28.3. The lowest BCUT2D eigenvalue weighted by molar-refractivity contribution is 0.152. The maximum absolute atomic E-state index is 5.27. The largest absolute Gasteiger partial charge is 0.396 e. The van der Waals surface area contributed by atoms with E-state index >= 15 is 0 Å². The van der Waals surface area contributed by atoms with Crippen molar-refractivity contribution in [3.63, 3.8) is 0 Å². The molecule has 0 aromatic carbocycles. The van der Waals surface area contributed by atoms with Gasteiger partial charge in [-0.05, 0) is 38.7 Å². The molecule has 0 spiro atoms. The second-order valence-corrected chi connectivity index (χ2v) is 3.45. The average molecular weight is 180 g/mol. The maximum atomic E-state index is 5.27. The Labute approximate surface area is 70.4 Å². The van der Waals surface area contributed by atoms with E-state index < -0.39 is 10.0 Å². The molecule has 4 heteroatoms. The van der Waals surface area contributed by atoms with Crippen molar-refractivity contribution >= 4 is 21.0 Å². The molecule has 0 aromatic rings. The predicted molar refractivity (Wildman–Crippen MR) is 52.3 cm³/mol. The van der Waals surface area contributed by atoms with Crippen molar-refractivity contribution in [1.29, 1.82) is 0 Å². The summed E-state index contributed by atoms with van der Waals surface area (Å²) >= 11 is 0. The molecule has 0 aromatic heterocycles. The van der Waals surface area contributed by atoms with Gasteiger partial charge in [0.05, 0.1) is 0 Å².